The molecule has 2 heterocycles. The van der Waals surface area contributed by atoms with Crippen LogP contribution in [0.2, 0.25) is 0 Å². The molecule has 0 N–H and O–H groups in total. The van der Waals surface area contributed by atoms with Crippen LogP contribution in [0.15, 0.2) is 46.9 Å². The van der Waals surface area contributed by atoms with E-state index in [4.69, 9.17) is 9.15 Å². The van der Waals surface area contributed by atoms with Crippen molar-refractivity contribution in [2.45, 2.75) is 6.61 Å². The summed E-state index contributed by atoms with van der Waals surface area (Å²) in [5.74, 6) is -0.524. The molecule has 2 aromatic heterocycles. The fraction of sp³-hybridized carbons (Fsp3) is 0.125. The first kappa shape index (κ1) is 14.3. The van der Waals surface area contributed by atoms with Crippen molar-refractivity contribution >= 4 is 33.4 Å². The molecular weight excluding hydrogens is 304 g/mol. The van der Waals surface area contributed by atoms with Gasteiger partial charge in [-0.3, -0.25) is 0 Å². The first-order chi connectivity index (χ1) is 10.7. The van der Waals surface area contributed by atoms with Gasteiger partial charge >= 0.3 is 11.9 Å². The summed E-state index contributed by atoms with van der Waals surface area (Å²) in [7, 11) is 1.27. The van der Waals surface area contributed by atoms with E-state index >= 15 is 0 Å². The molecule has 3 aromatic rings. The summed E-state index contributed by atoms with van der Waals surface area (Å²) in [4.78, 5) is 23.8. The second kappa shape index (κ2) is 6.03. The standard InChI is InChI=1S/C16H12O5S/c1-19-15(17)12-7-6-11(21-12)9-20-16(18)14-8-10-4-2-3-5-13(10)22-14/h2-8H,9H2,1H3. The summed E-state index contributed by atoms with van der Waals surface area (Å²) >= 11 is 1.37. The number of methoxy groups -OCH3 is 1. The third kappa shape index (κ3) is 2.87. The van der Waals surface area contributed by atoms with Crippen LogP contribution in [0.3, 0.4) is 0 Å². The van der Waals surface area contributed by atoms with Crippen LogP contribution in [0.1, 0.15) is 26.0 Å². The van der Waals surface area contributed by atoms with Gasteiger partial charge < -0.3 is 13.9 Å². The van der Waals surface area contributed by atoms with Crippen LogP contribution in [0.5, 0.6) is 0 Å². The molecule has 0 aliphatic rings. The van der Waals surface area contributed by atoms with Gasteiger partial charge in [0.1, 0.15) is 17.2 Å². The number of rotatable bonds is 4. The van der Waals surface area contributed by atoms with E-state index in [2.05, 4.69) is 4.74 Å². The number of carbonyl (C=O) groups is 2. The van der Waals surface area contributed by atoms with Gasteiger partial charge in [-0.2, -0.15) is 0 Å². The Labute approximate surface area is 130 Å². The number of hydrogen-bond acceptors (Lipinski definition) is 6. The van der Waals surface area contributed by atoms with Crippen LogP contribution in [-0.2, 0) is 16.1 Å². The third-order valence-electron chi connectivity index (χ3n) is 3.02. The smallest absolute Gasteiger partial charge is 0.373 e. The molecular formula is C16H12O5S. The number of thiophene rings is 1. The molecule has 0 spiro atoms. The van der Waals surface area contributed by atoms with Crippen molar-refractivity contribution < 1.29 is 23.5 Å². The van der Waals surface area contributed by atoms with Gasteiger partial charge in [-0.1, -0.05) is 18.2 Å². The van der Waals surface area contributed by atoms with Crippen LogP contribution in [0.25, 0.3) is 10.1 Å². The molecule has 6 heteroatoms. The first-order valence-corrected chi connectivity index (χ1v) is 7.32. The molecule has 0 radical (unpaired) electrons. The Kier molecular flexibility index (Phi) is 3.93. The Morgan fingerprint density at radius 3 is 2.73 bits per heavy atom. The quantitative estimate of drug-likeness (QED) is 0.688. The van der Waals surface area contributed by atoms with E-state index in [9.17, 15) is 9.59 Å². The Balaban J connectivity index is 1.67. The lowest BCUT2D eigenvalue weighted by atomic mass is 10.2. The van der Waals surface area contributed by atoms with E-state index in [1.54, 1.807) is 12.1 Å². The molecule has 0 saturated carbocycles. The molecule has 0 aliphatic heterocycles. The predicted octanol–water partition coefficient (Wildman–Crippen LogP) is 3.64. The molecule has 0 fully saturated rings. The zero-order valence-corrected chi connectivity index (χ0v) is 12.5. The first-order valence-electron chi connectivity index (χ1n) is 6.50. The van der Waals surface area contributed by atoms with E-state index in [-0.39, 0.29) is 12.4 Å². The SMILES string of the molecule is COC(=O)c1ccc(COC(=O)c2cc3ccccc3s2)o1. The normalized spacial score (nSPS) is 10.6. The number of esters is 2. The van der Waals surface area contributed by atoms with Gasteiger partial charge in [-0.15, -0.1) is 11.3 Å². The highest BCUT2D eigenvalue weighted by molar-refractivity contribution is 7.20. The van der Waals surface area contributed by atoms with Crippen molar-refractivity contribution in [1.29, 1.82) is 0 Å². The number of furan rings is 1. The lowest BCUT2D eigenvalue weighted by Crippen LogP contribution is -2.02. The fourth-order valence-corrected chi connectivity index (χ4v) is 2.91. The molecule has 0 atom stereocenters. The summed E-state index contributed by atoms with van der Waals surface area (Å²) in [6.45, 7) is -0.0376. The zero-order valence-electron chi connectivity index (χ0n) is 11.7. The summed E-state index contributed by atoms with van der Waals surface area (Å²) in [6, 6.07) is 12.6. The lowest BCUT2D eigenvalue weighted by Gasteiger charge is -2.00. The summed E-state index contributed by atoms with van der Waals surface area (Å²) in [6.07, 6.45) is 0. The maximum absolute atomic E-state index is 12.0. The monoisotopic (exact) mass is 316 g/mol. The van der Waals surface area contributed by atoms with Gasteiger partial charge in [0.2, 0.25) is 5.76 Å². The van der Waals surface area contributed by atoms with Crippen molar-refractivity contribution in [1.82, 2.24) is 0 Å². The maximum atomic E-state index is 12.0. The zero-order chi connectivity index (χ0) is 15.5. The average Bonchev–Trinajstić information content (AvgIpc) is 3.18. The highest BCUT2D eigenvalue weighted by Crippen LogP contribution is 2.26. The predicted molar refractivity (Wildman–Crippen MR) is 81.0 cm³/mol. The van der Waals surface area contributed by atoms with E-state index in [0.29, 0.717) is 10.6 Å². The lowest BCUT2D eigenvalue weighted by molar-refractivity contribution is 0.0444. The molecule has 0 saturated heterocycles. The summed E-state index contributed by atoms with van der Waals surface area (Å²) < 4.78 is 16.0. The largest absolute Gasteiger partial charge is 0.463 e. The molecule has 0 unspecified atom stereocenters. The van der Waals surface area contributed by atoms with Crippen LogP contribution >= 0.6 is 11.3 Å². The van der Waals surface area contributed by atoms with Gasteiger partial charge in [0.15, 0.2) is 0 Å². The van der Waals surface area contributed by atoms with Gasteiger partial charge in [0.25, 0.3) is 0 Å². The van der Waals surface area contributed by atoms with Crippen molar-refractivity contribution in [3.8, 4) is 0 Å². The molecule has 0 amide bonds. The topological polar surface area (TPSA) is 65.7 Å². The van der Waals surface area contributed by atoms with Gasteiger partial charge in [0, 0.05) is 4.70 Å². The molecule has 1 aromatic carbocycles. The van der Waals surface area contributed by atoms with Crippen molar-refractivity contribution in [3.05, 3.63) is 58.9 Å². The van der Waals surface area contributed by atoms with Crippen LogP contribution in [0.4, 0.5) is 0 Å². The molecule has 22 heavy (non-hydrogen) atoms. The number of hydrogen-bond donors (Lipinski definition) is 0. The number of ether oxygens (including phenoxy) is 2. The Bertz CT molecular complexity index is 797. The molecule has 0 aliphatic carbocycles. The van der Waals surface area contributed by atoms with Crippen molar-refractivity contribution in [3.63, 3.8) is 0 Å². The minimum Gasteiger partial charge on any atom is -0.463 e. The average molecular weight is 316 g/mol. The van der Waals surface area contributed by atoms with Crippen LogP contribution in [0, 0.1) is 0 Å². The van der Waals surface area contributed by atoms with E-state index < -0.39 is 11.9 Å². The second-order valence-electron chi connectivity index (χ2n) is 4.48. The number of benzene rings is 1. The molecule has 0 bridgehead atoms. The minimum absolute atomic E-state index is 0.0376. The van der Waals surface area contributed by atoms with E-state index in [1.807, 2.05) is 24.3 Å². The number of fused-ring (bicyclic) bond motifs is 1. The Morgan fingerprint density at radius 1 is 1.14 bits per heavy atom. The molecule has 5 nitrogen and oxygen atoms in total. The molecule has 112 valence electrons. The van der Waals surface area contributed by atoms with Crippen molar-refractivity contribution in [2.24, 2.45) is 0 Å². The highest BCUT2D eigenvalue weighted by Gasteiger charge is 2.14. The van der Waals surface area contributed by atoms with Gasteiger partial charge in [-0.25, -0.2) is 9.59 Å². The second-order valence-corrected chi connectivity index (χ2v) is 5.57. The summed E-state index contributed by atoms with van der Waals surface area (Å²) in [5.41, 5.74) is 0. The third-order valence-corrected chi connectivity index (χ3v) is 4.12. The summed E-state index contributed by atoms with van der Waals surface area (Å²) in [5, 5.41) is 1.01. The van der Waals surface area contributed by atoms with Gasteiger partial charge in [0.05, 0.1) is 7.11 Å². The van der Waals surface area contributed by atoms with E-state index in [1.165, 1.54) is 24.5 Å². The van der Waals surface area contributed by atoms with Crippen LogP contribution in [-0.4, -0.2) is 19.0 Å². The Morgan fingerprint density at radius 2 is 1.95 bits per heavy atom. The van der Waals surface area contributed by atoms with E-state index in [0.717, 1.165) is 10.1 Å². The molecule has 3 rings (SSSR count). The minimum atomic E-state index is -0.568. The Hall–Kier alpha value is -2.60. The van der Waals surface area contributed by atoms with Crippen LogP contribution < -0.4 is 0 Å². The maximum Gasteiger partial charge on any atom is 0.373 e. The number of carbonyl (C=O) groups excluding carboxylic acids is 2. The van der Waals surface area contributed by atoms with Crippen molar-refractivity contribution in [2.75, 3.05) is 7.11 Å². The highest BCUT2D eigenvalue weighted by atomic mass is 32.1. The van der Waals surface area contributed by atoms with Gasteiger partial charge in [-0.05, 0) is 29.7 Å². The fourth-order valence-electron chi connectivity index (χ4n) is 1.96.